The van der Waals surface area contributed by atoms with Crippen molar-refractivity contribution in [1.82, 2.24) is 0 Å². The molecule has 0 radical (unpaired) electrons. The zero-order chi connectivity index (χ0) is 18.7. The molecule has 1 N–H and O–H groups in total. The monoisotopic (exact) mass is 358 g/mol. The van der Waals surface area contributed by atoms with Crippen molar-refractivity contribution in [2.24, 2.45) is 5.92 Å². The Hall–Kier alpha value is -1.56. The van der Waals surface area contributed by atoms with E-state index in [4.69, 9.17) is 4.74 Å². The third-order valence-corrected chi connectivity index (χ3v) is 4.73. The van der Waals surface area contributed by atoms with Crippen LogP contribution in [0.3, 0.4) is 0 Å². The standard InChI is InChI=1S/C19H25F3O3/c1-13(2)12-25-17(24)18(10-4-3-5-11-18)15-8-6-14(7-9-15)16(23)19(20,21)22/h6-9,13,16,23H,3-5,10-12H2,1-2H3. The van der Waals surface area contributed by atoms with Gasteiger partial charge in [-0.15, -0.1) is 0 Å². The van der Waals surface area contributed by atoms with Gasteiger partial charge in [0.1, 0.15) is 0 Å². The summed E-state index contributed by atoms with van der Waals surface area (Å²) in [5, 5.41) is 9.36. The number of esters is 1. The van der Waals surface area contributed by atoms with Gasteiger partial charge in [0.2, 0.25) is 0 Å². The summed E-state index contributed by atoms with van der Waals surface area (Å²) in [5.74, 6) is -0.0843. The Balaban J connectivity index is 2.27. The molecule has 0 heterocycles. The highest BCUT2D eigenvalue weighted by Gasteiger charge is 2.43. The lowest BCUT2D eigenvalue weighted by Crippen LogP contribution is -2.40. The van der Waals surface area contributed by atoms with Crippen LogP contribution in [0.4, 0.5) is 13.2 Å². The van der Waals surface area contributed by atoms with E-state index in [9.17, 15) is 23.1 Å². The average molecular weight is 358 g/mol. The second-order valence-electron chi connectivity index (χ2n) is 7.20. The Labute approximate surface area is 146 Å². The van der Waals surface area contributed by atoms with Crippen molar-refractivity contribution >= 4 is 5.97 Å². The molecule has 140 valence electrons. The van der Waals surface area contributed by atoms with Gasteiger partial charge in [0, 0.05) is 0 Å². The zero-order valence-corrected chi connectivity index (χ0v) is 14.6. The fourth-order valence-electron chi connectivity index (χ4n) is 3.32. The molecule has 0 amide bonds. The third-order valence-electron chi connectivity index (χ3n) is 4.73. The number of ether oxygens (including phenoxy) is 1. The maximum Gasteiger partial charge on any atom is 0.418 e. The molecule has 0 saturated heterocycles. The van der Waals surface area contributed by atoms with E-state index in [1.54, 1.807) is 0 Å². The van der Waals surface area contributed by atoms with Gasteiger partial charge < -0.3 is 9.84 Å². The molecular formula is C19H25F3O3. The first-order chi connectivity index (χ1) is 11.7. The number of rotatable bonds is 5. The number of aliphatic hydroxyl groups excluding tert-OH is 1. The Bertz CT molecular complexity index is 573. The summed E-state index contributed by atoms with van der Waals surface area (Å²) < 4.78 is 43.4. The normalized spacial score (nSPS) is 18.8. The van der Waals surface area contributed by atoms with Crippen molar-refractivity contribution in [2.75, 3.05) is 6.61 Å². The molecule has 0 aromatic heterocycles. The Kier molecular flexibility index (Phi) is 6.14. The van der Waals surface area contributed by atoms with Crippen molar-refractivity contribution < 1.29 is 27.8 Å². The van der Waals surface area contributed by atoms with Crippen LogP contribution in [-0.2, 0) is 14.9 Å². The minimum Gasteiger partial charge on any atom is -0.465 e. The van der Waals surface area contributed by atoms with Gasteiger partial charge in [0.15, 0.2) is 6.10 Å². The minimum absolute atomic E-state index is 0.217. The maximum atomic E-state index is 12.8. The van der Waals surface area contributed by atoms with Crippen LogP contribution in [0.15, 0.2) is 24.3 Å². The quantitative estimate of drug-likeness (QED) is 0.777. The molecule has 1 atom stereocenters. The highest BCUT2D eigenvalue weighted by molar-refractivity contribution is 5.83. The summed E-state index contributed by atoms with van der Waals surface area (Å²) in [5.41, 5.74) is -0.355. The van der Waals surface area contributed by atoms with E-state index in [0.29, 0.717) is 25.0 Å². The third kappa shape index (κ3) is 4.54. The van der Waals surface area contributed by atoms with E-state index in [2.05, 4.69) is 0 Å². The van der Waals surface area contributed by atoms with Crippen LogP contribution in [-0.4, -0.2) is 23.9 Å². The SMILES string of the molecule is CC(C)COC(=O)C1(c2ccc(C(O)C(F)(F)F)cc2)CCCCC1. The van der Waals surface area contributed by atoms with Gasteiger partial charge in [-0.05, 0) is 29.9 Å². The van der Waals surface area contributed by atoms with Crippen LogP contribution in [0.25, 0.3) is 0 Å². The number of hydrogen-bond donors (Lipinski definition) is 1. The first kappa shape index (κ1) is 19.8. The summed E-state index contributed by atoms with van der Waals surface area (Å²) >= 11 is 0. The molecule has 0 spiro atoms. The van der Waals surface area contributed by atoms with Gasteiger partial charge in [0.05, 0.1) is 12.0 Å². The lowest BCUT2D eigenvalue weighted by molar-refractivity contribution is -0.206. The molecule has 1 aliphatic carbocycles. The van der Waals surface area contributed by atoms with E-state index in [0.717, 1.165) is 19.3 Å². The largest absolute Gasteiger partial charge is 0.465 e. The Morgan fingerprint density at radius 2 is 1.72 bits per heavy atom. The number of aliphatic hydroxyl groups is 1. The maximum absolute atomic E-state index is 12.8. The summed E-state index contributed by atoms with van der Waals surface area (Å²) in [6, 6.07) is 5.54. The number of carbonyl (C=O) groups is 1. The van der Waals surface area contributed by atoms with E-state index in [1.165, 1.54) is 24.3 Å². The van der Waals surface area contributed by atoms with Gasteiger partial charge in [-0.1, -0.05) is 57.4 Å². The van der Waals surface area contributed by atoms with Crippen molar-refractivity contribution in [1.29, 1.82) is 0 Å². The summed E-state index contributed by atoms with van der Waals surface area (Å²) in [4.78, 5) is 12.8. The molecular weight excluding hydrogens is 333 g/mol. The minimum atomic E-state index is -4.71. The molecule has 25 heavy (non-hydrogen) atoms. The van der Waals surface area contributed by atoms with E-state index < -0.39 is 17.7 Å². The summed E-state index contributed by atoms with van der Waals surface area (Å²) in [6.07, 6.45) is -3.18. The molecule has 3 nitrogen and oxygen atoms in total. The van der Waals surface area contributed by atoms with Crippen LogP contribution in [0.2, 0.25) is 0 Å². The number of benzene rings is 1. The number of halogens is 3. The number of alkyl halides is 3. The number of hydrogen-bond acceptors (Lipinski definition) is 3. The van der Waals surface area contributed by atoms with E-state index in [1.807, 2.05) is 13.8 Å². The van der Waals surface area contributed by atoms with Gasteiger partial charge in [-0.25, -0.2) is 0 Å². The lowest BCUT2D eigenvalue weighted by atomic mass is 9.69. The molecule has 0 aliphatic heterocycles. The van der Waals surface area contributed by atoms with Crippen molar-refractivity contribution in [3.8, 4) is 0 Å². The smallest absolute Gasteiger partial charge is 0.418 e. The van der Waals surface area contributed by atoms with Crippen LogP contribution in [0, 0.1) is 5.92 Å². The van der Waals surface area contributed by atoms with Crippen molar-refractivity contribution in [3.63, 3.8) is 0 Å². The second kappa shape index (κ2) is 7.77. The number of carbonyl (C=O) groups excluding carboxylic acids is 1. The summed E-state index contributed by atoms with van der Waals surface area (Å²) in [7, 11) is 0. The first-order valence-corrected chi connectivity index (χ1v) is 8.69. The molecule has 2 rings (SSSR count). The predicted molar refractivity (Wildman–Crippen MR) is 88.0 cm³/mol. The highest BCUT2D eigenvalue weighted by Crippen LogP contribution is 2.41. The zero-order valence-electron chi connectivity index (χ0n) is 14.6. The second-order valence-corrected chi connectivity index (χ2v) is 7.20. The van der Waals surface area contributed by atoms with Gasteiger partial charge in [0.25, 0.3) is 0 Å². The fraction of sp³-hybridized carbons (Fsp3) is 0.632. The van der Waals surface area contributed by atoms with Gasteiger partial charge >= 0.3 is 12.1 Å². The first-order valence-electron chi connectivity index (χ1n) is 8.69. The summed E-state index contributed by atoms with van der Waals surface area (Å²) in [6.45, 7) is 4.23. The van der Waals surface area contributed by atoms with Gasteiger partial charge in [-0.2, -0.15) is 13.2 Å². The van der Waals surface area contributed by atoms with Crippen molar-refractivity contribution in [3.05, 3.63) is 35.4 Å². The van der Waals surface area contributed by atoms with Crippen LogP contribution >= 0.6 is 0 Å². The molecule has 1 fully saturated rings. The highest BCUT2D eigenvalue weighted by atomic mass is 19.4. The van der Waals surface area contributed by atoms with Crippen molar-refractivity contribution in [2.45, 2.75) is 63.6 Å². The van der Waals surface area contributed by atoms with E-state index >= 15 is 0 Å². The molecule has 0 bridgehead atoms. The Morgan fingerprint density at radius 1 is 1.16 bits per heavy atom. The molecule has 1 unspecified atom stereocenters. The topological polar surface area (TPSA) is 46.5 Å². The molecule has 6 heteroatoms. The van der Waals surface area contributed by atoms with Gasteiger partial charge in [-0.3, -0.25) is 4.79 Å². The molecule has 1 aromatic carbocycles. The van der Waals surface area contributed by atoms with Crippen LogP contribution in [0.5, 0.6) is 0 Å². The Morgan fingerprint density at radius 3 is 2.20 bits per heavy atom. The van der Waals surface area contributed by atoms with Crippen LogP contribution < -0.4 is 0 Å². The molecule has 1 saturated carbocycles. The molecule has 1 aliphatic rings. The molecule has 1 aromatic rings. The van der Waals surface area contributed by atoms with E-state index in [-0.39, 0.29) is 17.5 Å². The van der Waals surface area contributed by atoms with Crippen LogP contribution in [0.1, 0.15) is 63.2 Å². The lowest BCUT2D eigenvalue weighted by Gasteiger charge is -2.35. The predicted octanol–water partition coefficient (Wildman–Crippen LogP) is 4.68. The fourth-order valence-corrected chi connectivity index (χ4v) is 3.32. The average Bonchev–Trinajstić information content (AvgIpc) is 2.59.